The molecule has 0 saturated heterocycles. The highest BCUT2D eigenvalue weighted by Crippen LogP contribution is 2.28. The normalized spacial score (nSPS) is 19.1. The van der Waals surface area contributed by atoms with Crippen molar-refractivity contribution in [2.75, 3.05) is 6.54 Å². The number of benzene rings is 2. The van der Waals surface area contributed by atoms with Crippen molar-refractivity contribution in [1.82, 2.24) is 4.90 Å². The molecule has 0 unspecified atom stereocenters. The number of carbonyl (C=O) groups is 1. The topological polar surface area (TPSA) is 41.9 Å². The Morgan fingerprint density at radius 2 is 1.83 bits per heavy atom. The van der Waals surface area contributed by atoms with Gasteiger partial charge in [-0.25, -0.2) is 0 Å². The van der Waals surface area contributed by atoms with Crippen molar-refractivity contribution < 1.29 is 9.63 Å². The van der Waals surface area contributed by atoms with Crippen LogP contribution in [0.15, 0.2) is 53.7 Å². The van der Waals surface area contributed by atoms with Crippen LogP contribution in [0.4, 0.5) is 0 Å². The fraction of sp³-hybridized carbons (Fsp3) is 0.391. The molecule has 6 heteroatoms. The molecule has 0 spiro atoms. The minimum Gasteiger partial charge on any atom is -0.390 e. The molecule has 152 valence electrons. The molecule has 2 aromatic rings. The first-order valence-electron chi connectivity index (χ1n) is 10.1. The summed E-state index contributed by atoms with van der Waals surface area (Å²) in [5.74, 6) is 0.332. The second-order valence-corrected chi connectivity index (χ2v) is 8.68. The van der Waals surface area contributed by atoms with Gasteiger partial charge >= 0.3 is 0 Å². The quantitative estimate of drug-likeness (QED) is 0.588. The maximum atomic E-state index is 13.2. The van der Waals surface area contributed by atoms with E-state index in [4.69, 9.17) is 28.0 Å². The third kappa shape index (κ3) is 5.12. The first-order chi connectivity index (χ1) is 14.1. The maximum Gasteiger partial charge on any atom is 0.226 e. The van der Waals surface area contributed by atoms with Crippen LogP contribution in [-0.4, -0.2) is 29.2 Å². The van der Waals surface area contributed by atoms with Crippen molar-refractivity contribution in [2.45, 2.75) is 44.8 Å². The van der Waals surface area contributed by atoms with Crippen LogP contribution >= 0.6 is 23.2 Å². The lowest BCUT2D eigenvalue weighted by Gasteiger charge is -2.27. The Kier molecular flexibility index (Phi) is 6.41. The van der Waals surface area contributed by atoms with Crippen molar-refractivity contribution in [1.29, 1.82) is 0 Å². The minimum atomic E-state index is -0.148. The number of nitrogens with zero attached hydrogens (tertiary/aromatic N) is 2. The summed E-state index contributed by atoms with van der Waals surface area (Å²) in [6, 6.07) is 15.3. The van der Waals surface area contributed by atoms with E-state index < -0.39 is 0 Å². The zero-order valence-corrected chi connectivity index (χ0v) is 17.7. The molecule has 4 rings (SSSR count). The van der Waals surface area contributed by atoms with Crippen LogP contribution in [-0.2, 0) is 16.2 Å². The number of amides is 1. The average molecular weight is 431 g/mol. The van der Waals surface area contributed by atoms with E-state index in [1.165, 1.54) is 0 Å². The Bertz CT molecular complexity index is 892. The molecule has 0 aromatic heterocycles. The Hall–Kier alpha value is -2.04. The largest absolute Gasteiger partial charge is 0.390 e. The molecule has 1 saturated carbocycles. The molecule has 2 aliphatic rings. The molecule has 0 bridgehead atoms. The van der Waals surface area contributed by atoms with Crippen LogP contribution in [0.5, 0.6) is 0 Å². The van der Waals surface area contributed by atoms with Crippen LogP contribution < -0.4 is 0 Å². The maximum absolute atomic E-state index is 13.2. The van der Waals surface area contributed by atoms with Gasteiger partial charge in [-0.2, -0.15) is 0 Å². The van der Waals surface area contributed by atoms with E-state index in [9.17, 15) is 4.79 Å². The van der Waals surface area contributed by atoms with E-state index in [0.29, 0.717) is 29.6 Å². The highest BCUT2D eigenvalue weighted by Gasteiger charge is 2.31. The molecule has 29 heavy (non-hydrogen) atoms. The summed E-state index contributed by atoms with van der Waals surface area (Å²) >= 11 is 12.1. The van der Waals surface area contributed by atoms with Crippen molar-refractivity contribution in [3.8, 4) is 0 Å². The third-order valence-electron chi connectivity index (χ3n) is 5.61. The van der Waals surface area contributed by atoms with Crippen molar-refractivity contribution in [3.05, 3.63) is 69.7 Å². The molecule has 0 radical (unpaired) electrons. The molecule has 1 aliphatic heterocycles. The summed E-state index contributed by atoms with van der Waals surface area (Å²) in [4.78, 5) is 20.8. The number of halogens is 2. The van der Waals surface area contributed by atoms with Gasteiger partial charge in [-0.3, -0.25) is 4.79 Å². The molecular formula is C23H24Cl2N2O2. The van der Waals surface area contributed by atoms with E-state index in [0.717, 1.165) is 42.5 Å². The molecule has 2 aromatic carbocycles. The second-order valence-electron chi connectivity index (χ2n) is 7.81. The smallest absolute Gasteiger partial charge is 0.226 e. The van der Waals surface area contributed by atoms with Gasteiger partial charge < -0.3 is 9.74 Å². The number of carbonyl (C=O) groups excluding carboxylic acids is 1. The predicted octanol–water partition coefficient (Wildman–Crippen LogP) is 5.71. The predicted molar refractivity (Wildman–Crippen MR) is 116 cm³/mol. The molecular weight excluding hydrogens is 407 g/mol. The van der Waals surface area contributed by atoms with Crippen molar-refractivity contribution >= 4 is 34.8 Å². The van der Waals surface area contributed by atoms with Gasteiger partial charge in [-0.15, -0.1) is 0 Å². The van der Waals surface area contributed by atoms with Crippen LogP contribution in [0.2, 0.25) is 10.0 Å². The van der Waals surface area contributed by atoms with E-state index in [2.05, 4.69) is 5.16 Å². The molecule has 1 amide bonds. The van der Waals surface area contributed by atoms with Gasteiger partial charge in [0.15, 0.2) is 6.10 Å². The first-order valence-corrected chi connectivity index (χ1v) is 10.9. The third-order valence-corrected chi connectivity index (χ3v) is 6.10. The SMILES string of the molecule is O=C(C1CCCC1)N(Cc1cccc(Cl)c1)C[C@H]1CC(c2ccc(Cl)cc2)=NO1. The van der Waals surface area contributed by atoms with Gasteiger partial charge in [0.2, 0.25) is 5.91 Å². The zero-order chi connectivity index (χ0) is 20.2. The summed E-state index contributed by atoms with van der Waals surface area (Å²) in [5.41, 5.74) is 2.92. The first kappa shape index (κ1) is 20.2. The number of oxime groups is 1. The average Bonchev–Trinajstić information content (AvgIpc) is 3.40. The molecule has 1 atom stereocenters. The number of rotatable bonds is 6. The van der Waals surface area contributed by atoms with Crippen LogP contribution in [0.3, 0.4) is 0 Å². The minimum absolute atomic E-state index is 0.118. The zero-order valence-electron chi connectivity index (χ0n) is 16.2. The van der Waals surface area contributed by atoms with Gasteiger partial charge in [0.1, 0.15) is 0 Å². The molecule has 0 N–H and O–H groups in total. The highest BCUT2D eigenvalue weighted by molar-refractivity contribution is 6.31. The number of hydrogen-bond donors (Lipinski definition) is 0. The van der Waals surface area contributed by atoms with Gasteiger partial charge in [-0.05, 0) is 48.2 Å². The molecule has 1 fully saturated rings. The lowest BCUT2D eigenvalue weighted by atomic mass is 10.0. The Morgan fingerprint density at radius 1 is 1.07 bits per heavy atom. The van der Waals surface area contributed by atoms with Gasteiger partial charge in [0, 0.05) is 28.9 Å². The monoisotopic (exact) mass is 430 g/mol. The Balaban J connectivity index is 1.45. The summed E-state index contributed by atoms with van der Waals surface area (Å²) in [7, 11) is 0. The van der Waals surface area contributed by atoms with Gasteiger partial charge in [0.25, 0.3) is 0 Å². The fourth-order valence-electron chi connectivity index (χ4n) is 4.10. The van der Waals surface area contributed by atoms with Gasteiger partial charge in [0.05, 0.1) is 12.3 Å². The standard InChI is InChI=1S/C23H24Cl2N2O2/c24-19-10-8-17(9-11-19)22-13-21(29-26-22)15-27(23(28)18-5-1-2-6-18)14-16-4-3-7-20(25)12-16/h3-4,7-12,18,21H,1-2,5-6,13-15H2/t21-/m1/s1. The number of hydrogen-bond acceptors (Lipinski definition) is 3. The molecule has 4 nitrogen and oxygen atoms in total. The summed E-state index contributed by atoms with van der Waals surface area (Å²) in [6.45, 7) is 1.05. The summed E-state index contributed by atoms with van der Waals surface area (Å²) in [6.07, 6.45) is 4.73. The van der Waals surface area contributed by atoms with E-state index in [1.807, 2.05) is 53.4 Å². The van der Waals surface area contributed by atoms with Crippen LogP contribution in [0.25, 0.3) is 0 Å². The van der Waals surface area contributed by atoms with Crippen LogP contribution in [0, 0.1) is 5.92 Å². The van der Waals surface area contributed by atoms with E-state index in [-0.39, 0.29) is 17.9 Å². The van der Waals surface area contributed by atoms with E-state index >= 15 is 0 Å². The second kappa shape index (κ2) is 9.19. The lowest BCUT2D eigenvalue weighted by molar-refractivity contribution is -0.137. The Labute approximate surface area is 181 Å². The van der Waals surface area contributed by atoms with E-state index in [1.54, 1.807) is 0 Å². The van der Waals surface area contributed by atoms with Crippen LogP contribution in [0.1, 0.15) is 43.2 Å². The Morgan fingerprint density at radius 3 is 2.55 bits per heavy atom. The summed E-state index contributed by atoms with van der Waals surface area (Å²) < 4.78 is 0. The summed E-state index contributed by atoms with van der Waals surface area (Å²) in [5, 5.41) is 5.64. The van der Waals surface area contributed by atoms with Crippen molar-refractivity contribution in [3.63, 3.8) is 0 Å². The lowest BCUT2D eigenvalue weighted by Crippen LogP contribution is -2.40. The highest BCUT2D eigenvalue weighted by atomic mass is 35.5. The molecule has 1 heterocycles. The van der Waals surface area contributed by atoms with Gasteiger partial charge in [-0.1, -0.05) is 65.5 Å². The van der Waals surface area contributed by atoms with Crippen molar-refractivity contribution in [2.24, 2.45) is 11.1 Å². The fourth-order valence-corrected chi connectivity index (χ4v) is 4.44. The molecule has 1 aliphatic carbocycles.